The third-order valence-electron chi connectivity index (χ3n) is 5.11. The van der Waals surface area contributed by atoms with Gasteiger partial charge in [-0.25, -0.2) is 0 Å². The zero-order valence-electron chi connectivity index (χ0n) is 14.0. The van der Waals surface area contributed by atoms with Crippen LogP contribution in [-0.4, -0.2) is 23.6 Å². The van der Waals surface area contributed by atoms with Crippen molar-refractivity contribution in [2.24, 2.45) is 5.73 Å². The molecule has 0 bridgehead atoms. The highest BCUT2D eigenvalue weighted by molar-refractivity contribution is 6.33. The van der Waals surface area contributed by atoms with Crippen LogP contribution >= 0.6 is 0 Å². The Bertz CT molecular complexity index is 967. The summed E-state index contributed by atoms with van der Waals surface area (Å²) in [6, 6.07) is 9.21. The third kappa shape index (κ3) is 2.19. The van der Waals surface area contributed by atoms with Crippen molar-refractivity contribution in [1.82, 2.24) is 5.32 Å². The van der Waals surface area contributed by atoms with Crippen LogP contribution in [0.1, 0.15) is 30.7 Å². The largest absolute Gasteiger partial charge is 0.395 e. The SMILES string of the molecule is N=CC1=C(N)C(=O)C2=C(C1=O)C(c1ccccc1)C1=C(CCCC1=O)N2. The minimum Gasteiger partial charge on any atom is -0.395 e. The first kappa shape index (κ1) is 16.2. The molecule has 1 unspecified atom stereocenters. The van der Waals surface area contributed by atoms with Crippen LogP contribution in [0.2, 0.25) is 0 Å². The topological polar surface area (TPSA) is 113 Å². The molecule has 0 aromatic heterocycles. The van der Waals surface area contributed by atoms with Crippen molar-refractivity contribution in [3.8, 4) is 0 Å². The Kier molecular flexibility index (Phi) is 3.68. The normalized spacial score (nSPS) is 22.9. The number of carbonyl (C=O) groups is 3. The van der Waals surface area contributed by atoms with Crippen molar-refractivity contribution < 1.29 is 14.4 Å². The van der Waals surface area contributed by atoms with E-state index in [0.29, 0.717) is 30.5 Å². The lowest BCUT2D eigenvalue weighted by molar-refractivity contribution is -0.118. The number of dihydropyridines is 1. The summed E-state index contributed by atoms with van der Waals surface area (Å²) in [5, 5.41) is 10.5. The van der Waals surface area contributed by atoms with E-state index in [1.54, 1.807) is 0 Å². The number of benzene rings is 1. The zero-order valence-corrected chi connectivity index (χ0v) is 14.0. The highest BCUT2D eigenvalue weighted by Crippen LogP contribution is 2.44. The van der Waals surface area contributed by atoms with E-state index in [0.717, 1.165) is 11.8 Å². The molecule has 1 aromatic carbocycles. The molecule has 4 rings (SSSR count). The first-order chi connectivity index (χ1) is 12.5. The van der Waals surface area contributed by atoms with E-state index in [-0.39, 0.29) is 28.3 Å². The molecule has 1 aliphatic heterocycles. The summed E-state index contributed by atoms with van der Waals surface area (Å²) in [5.74, 6) is -1.60. The van der Waals surface area contributed by atoms with Crippen molar-refractivity contribution in [2.75, 3.05) is 0 Å². The van der Waals surface area contributed by atoms with E-state index < -0.39 is 17.5 Å². The van der Waals surface area contributed by atoms with E-state index in [2.05, 4.69) is 5.32 Å². The van der Waals surface area contributed by atoms with Gasteiger partial charge in [-0.05, 0) is 18.4 Å². The lowest BCUT2D eigenvalue weighted by atomic mass is 9.71. The van der Waals surface area contributed by atoms with E-state index in [9.17, 15) is 14.4 Å². The van der Waals surface area contributed by atoms with Crippen LogP contribution in [0, 0.1) is 5.41 Å². The fraction of sp³-hybridized carbons (Fsp3) is 0.200. The van der Waals surface area contributed by atoms with Gasteiger partial charge in [-0.3, -0.25) is 14.4 Å². The number of hydrogen-bond acceptors (Lipinski definition) is 6. The van der Waals surface area contributed by atoms with Gasteiger partial charge in [-0.2, -0.15) is 0 Å². The summed E-state index contributed by atoms with van der Waals surface area (Å²) < 4.78 is 0. The van der Waals surface area contributed by atoms with Gasteiger partial charge in [0.25, 0.3) is 0 Å². The molecule has 4 N–H and O–H groups in total. The number of nitrogens with one attached hydrogen (secondary N) is 2. The predicted molar refractivity (Wildman–Crippen MR) is 95.2 cm³/mol. The summed E-state index contributed by atoms with van der Waals surface area (Å²) in [6.45, 7) is 0. The lowest BCUT2D eigenvalue weighted by Gasteiger charge is -2.36. The summed E-state index contributed by atoms with van der Waals surface area (Å²) in [4.78, 5) is 38.5. The molecule has 6 heteroatoms. The van der Waals surface area contributed by atoms with Gasteiger partial charge in [0.05, 0.1) is 17.0 Å². The van der Waals surface area contributed by atoms with E-state index >= 15 is 0 Å². The van der Waals surface area contributed by atoms with Gasteiger partial charge in [0.2, 0.25) is 5.78 Å². The fourth-order valence-electron chi connectivity index (χ4n) is 3.91. The molecular formula is C20H17N3O3. The van der Waals surface area contributed by atoms with Crippen LogP contribution in [0.4, 0.5) is 0 Å². The molecule has 3 aliphatic rings. The number of nitrogens with two attached hydrogens (primary N) is 1. The number of rotatable bonds is 2. The molecule has 1 atom stereocenters. The highest BCUT2D eigenvalue weighted by Gasteiger charge is 2.44. The monoisotopic (exact) mass is 347 g/mol. The maximum Gasteiger partial charge on any atom is 0.226 e. The molecule has 0 saturated heterocycles. The van der Waals surface area contributed by atoms with Crippen LogP contribution in [0.3, 0.4) is 0 Å². The van der Waals surface area contributed by atoms with Gasteiger partial charge in [0.1, 0.15) is 0 Å². The van der Waals surface area contributed by atoms with Gasteiger partial charge in [0.15, 0.2) is 11.6 Å². The maximum absolute atomic E-state index is 13.0. The van der Waals surface area contributed by atoms with Crippen LogP contribution in [0.5, 0.6) is 0 Å². The highest BCUT2D eigenvalue weighted by atomic mass is 16.1. The number of allylic oxidation sites excluding steroid dienone is 4. The van der Waals surface area contributed by atoms with Crippen molar-refractivity contribution in [3.63, 3.8) is 0 Å². The third-order valence-corrected chi connectivity index (χ3v) is 5.11. The Morgan fingerprint density at radius 2 is 1.77 bits per heavy atom. The summed E-state index contributed by atoms with van der Waals surface area (Å²) >= 11 is 0. The summed E-state index contributed by atoms with van der Waals surface area (Å²) in [7, 11) is 0. The quantitative estimate of drug-likeness (QED) is 0.556. The second kappa shape index (κ2) is 5.91. The van der Waals surface area contributed by atoms with Crippen molar-refractivity contribution in [2.45, 2.75) is 25.2 Å². The molecule has 0 radical (unpaired) electrons. The first-order valence-corrected chi connectivity index (χ1v) is 8.46. The summed E-state index contributed by atoms with van der Waals surface area (Å²) in [6.07, 6.45) is 2.58. The van der Waals surface area contributed by atoms with Crippen LogP contribution in [0.15, 0.2) is 64.1 Å². The molecule has 6 nitrogen and oxygen atoms in total. The predicted octanol–water partition coefficient (Wildman–Crippen LogP) is 1.65. The molecule has 1 heterocycles. The van der Waals surface area contributed by atoms with E-state index in [1.807, 2.05) is 30.3 Å². The molecule has 130 valence electrons. The Labute approximate surface area is 150 Å². The van der Waals surface area contributed by atoms with Crippen LogP contribution < -0.4 is 11.1 Å². The standard InChI is InChI=1S/C20H17N3O3/c21-9-11-17(22)20(26)18-16(19(11)25)14(10-5-2-1-3-6-10)15-12(23-18)7-4-8-13(15)24/h1-3,5-6,9,14,21,23H,4,7-8,22H2. The minimum atomic E-state index is -0.616. The van der Waals surface area contributed by atoms with Crippen molar-refractivity contribution in [3.05, 3.63) is 69.7 Å². The smallest absolute Gasteiger partial charge is 0.226 e. The van der Waals surface area contributed by atoms with Gasteiger partial charge in [-0.15, -0.1) is 0 Å². The minimum absolute atomic E-state index is 0.0154. The Morgan fingerprint density at radius 3 is 2.46 bits per heavy atom. The van der Waals surface area contributed by atoms with Gasteiger partial charge in [0, 0.05) is 35.4 Å². The number of carbonyl (C=O) groups excluding carboxylic acids is 3. The average Bonchev–Trinajstić information content (AvgIpc) is 2.66. The number of Topliss-reactive ketones (excluding diaryl/α,β-unsaturated/α-hetero) is 3. The van der Waals surface area contributed by atoms with Crippen LogP contribution in [-0.2, 0) is 14.4 Å². The molecule has 0 fully saturated rings. The van der Waals surface area contributed by atoms with Gasteiger partial charge >= 0.3 is 0 Å². The molecule has 0 amide bonds. The van der Waals surface area contributed by atoms with E-state index in [4.69, 9.17) is 11.1 Å². The van der Waals surface area contributed by atoms with Crippen LogP contribution in [0.25, 0.3) is 0 Å². The first-order valence-electron chi connectivity index (χ1n) is 8.46. The second-order valence-corrected chi connectivity index (χ2v) is 6.56. The second-order valence-electron chi connectivity index (χ2n) is 6.56. The zero-order chi connectivity index (χ0) is 18.4. The maximum atomic E-state index is 13.0. The van der Waals surface area contributed by atoms with E-state index in [1.165, 1.54) is 0 Å². The molecular weight excluding hydrogens is 330 g/mol. The van der Waals surface area contributed by atoms with Gasteiger partial charge < -0.3 is 16.5 Å². The lowest BCUT2D eigenvalue weighted by Crippen LogP contribution is -2.42. The van der Waals surface area contributed by atoms with Crippen molar-refractivity contribution in [1.29, 1.82) is 5.41 Å². The number of ketones is 3. The number of hydrogen-bond donors (Lipinski definition) is 3. The molecule has 0 spiro atoms. The average molecular weight is 347 g/mol. The summed E-state index contributed by atoms with van der Waals surface area (Å²) in [5.41, 5.74) is 7.83. The van der Waals surface area contributed by atoms with Gasteiger partial charge in [-0.1, -0.05) is 30.3 Å². The Morgan fingerprint density at radius 1 is 1.04 bits per heavy atom. The molecule has 1 aromatic rings. The molecule has 26 heavy (non-hydrogen) atoms. The molecule has 2 aliphatic carbocycles. The fourth-order valence-corrected chi connectivity index (χ4v) is 3.91. The van der Waals surface area contributed by atoms with Crippen molar-refractivity contribution >= 4 is 23.6 Å². The Hall–Kier alpha value is -3.28. The Balaban J connectivity index is 1.97. The molecule has 0 saturated carbocycles.